The number of pyridine rings is 1. The highest BCUT2D eigenvalue weighted by Crippen LogP contribution is 2.24. The van der Waals surface area contributed by atoms with Crippen LogP contribution in [-0.2, 0) is 5.88 Å². The molecule has 0 N–H and O–H groups in total. The molecule has 0 saturated carbocycles. The first-order chi connectivity index (χ1) is 10.3. The Hall–Kier alpha value is -1.74. The summed E-state index contributed by atoms with van der Waals surface area (Å²) < 4.78 is 0. The minimum Gasteiger partial charge on any atom is -0.368 e. The second-order valence-corrected chi connectivity index (χ2v) is 5.72. The van der Waals surface area contributed by atoms with E-state index in [1.807, 2.05) is 18.5 Å². The number of aromatic nitrogens is 1. The molecule has 2 aromatic rings. The van der Waals surface area contributed by atoms with Gasteiger partial charge in [0.05, 0.1) is 11.9 Å². The van der Waals surface area contributed by atoms with Crippen molar-refractivity contribution < 1.29 is 0 Å². The number of benzene rings is 1. The molecule has 0 atom stereocenters. The van der Waals surface area contributed by atoms with Crippen LogP contribution in [0.25, 0.3) is 0 Å². The van der Waals surface area contributed by atoms with Crippen molar-refractivity contribution in [1.82, 2.24) is 4.98 Å². The highest BCUT2D eigenvalue weighted by atomic mass is 35.5. The molecule has 1 aromatic heterocycles. The fourth-order valence-electron chi connectivity index (χ4n) is 2.84. The van der Waals surface area contributed by atoms with E-state index < -0.39 is 0 Å². The van der Waals surface area contributed by atoms with Gasteiger partial charge in [-0.1, -0.05) is 12.1 Å². The summed E-state index contributed by atoms with van der Waals surface area (Å²) in [5.74, 6) is 0.538. The molecule has 21 heavy (non-hydrogen) atoms. The third kappa shape index (κ3) is 3.13. The van der Waals surface area contributed by atoms with E-state index in [-0.39, 0.29) is 0 Å². The van der Waals surface area contributed by atoms with Gasteiger partial charge in [0.2, 0.25) is 0 Å². The predicted octanol–water partition coefficient (Wildman–Crippen LogP) is 3.46. The molecule has 0 aliphatic carbocycles. The standard InChI is InChI=1S/C17H20ClN3/c1-14-3-2-4-16(11-14)20-7-9-21(10-8-20)17-13-19-6-5-15(17)12-18/h2-6,11,13H,7-10,12H2,1H3. The first kappa shape index (κ1) is 14.2. The Kier molecular flexibility index (Phi) is 4.30. The number of rotatable bonds is 3. The summed E-state index contributed by atoms with van der Waals surface area (Å²) in [5.41, 5.74) is 4.97. The Labute approximate surface area is 131 Å². The SMILES string of the molecule is Cc1cccc(N2CCN(c3cnccc3CCl)CC2)c1. The maximum atomic E-state index is 6.03. The normalized spacial score (nSPS) is 15.3. The van der Waals surface area contributed by atoms with Gasteiger partial charge in [-0.2, -0.15) is 0 Å². The van der Waals surface area contributed by atoms with Gasteiger partial charge < -0.3 is 9.80 Å². The zero-order valence-electron chi connectivity index (χ0n) is 12.3. The van der Waals surface area contributed by atoms with Crippen LogP contribution in [0.5, 0.6) is 0 Å². The summed E-state index contributed by atoms with van der Waals surface area (Å²) in [5, 5.41) is 0. The summed E-state index contributed by atoms with van der Waals surface area (Å²) >= 11 is 6.03. The lowest BCUT2D eigenvalue weighted by Gasteiger charge is -2.38. The van der Waals surface area contributed by atoms with Crippen LogP contribution in [-0.4, -0.2) is 31.2 Å². The second kappa shape index (κ2) is 6.35. The smallest absolute Gasteiger partial charge is 0.0598 e. The van der Waals surface area contributed by atoms with E-state index in [0.717, 1.165) is 31.7 Å². The van der Waals surface area contributed by atoms with Crippen LogP contribution in [0.15, 0.2) is 42.7 Å². The molecule has 0 spiro atoms. The molecule has 0 bridgehead atoms. The maximum Gasteiger partial charge on any atom is 0.0598 e. The lowest BCUT2D eigenvalue weighted by atomic mass is 10.1. The van der Waals surface area contributed by atoms with Gasteiger partial charge in [-0.3, -0.25) is 4.98 Å². The average Bonchev–Trinajstić information content (AvgIpc) is 2.55. The molecule has 110 valence electrons. The Morgan fingerprint density at radius 2 is 1.86 bits per heavy atom. The Bertz CT molecular complexity index is 606. The summed E-state index contributed by atoms with van der Waals surface area (Å²) in [6.07, 6.45) is 3.74. The number of aryl methyl sites for hydroxylation is 1. The molecule has 1 saturated heterocycles. The van der Waals surface area contributed by atoms with Gasteiger partial charge in [-0.05, 0) is 36.2 Å². The van der Waals surface area contributed by atoms with Crippen LogP contribution in [0.4, 0.5) is 11.4 Å². The predicted molar refractivity (Wildman–Crippen MR) is 89.4 cm³/mol. The minimum atomic E-state index is 0.538. The fourth-order valence-corrected chi connectivity index (χ4v) is 3.07. The Morgan fingerprint density at radius 1 is 1.10 bits per heavy atom. The molecule has 3 nitrogen and oxygen atoms in total. The third-order valence-corrected chi connectivity index (χ3v) is 4.31. The van der Waals surface area contributed by atoms with Gasteiger partial charge in [-0.25, -0.2) is 0 Å². The number of alkyl halides is 1. The van der Waals surface area contributed by atoms with Crippen LogP contribution >= 0.6 is 11.6 Å². The zero-order valence-corrected chi connectivity index (χ0v) is 13.1. The molecule has 1 aliphatic heterocycles. The first-order valence-electron chi connectivity index (χ1n) is 7.33. The van der Waals surface area contributed by atoms with E-state index in [4.69, 9.17) is 11.6 Å². The monoisotopic (exact) mass is 301 g/mol. The van der Waals surface area contributed by atoms with Gasteiger partial charge in [0.1, 0.15) is 0 Å². The highest BCUT2D eigenvalue weighted by molar-refractivity contribution is 6.17. The quantitative estimate of drug-likeness (QED) is 0.810. The van der Waals surface area contributed by atoms with Crippen molar-refractivity contribution >= 4 is 23.0 Å². The largest absolute Gasteiger partial charge is 0.368 e. The van der Waals surface area contributed by atoms with Crippen LogP contribution in [0.1, 0.15) is 11.1 Å². The lowest BCUT2D eigenvalue weighted by Crippen LogP contribution is -2.46. The van der Waals surface area contributed by atoms with E-state index in [1.165, 1.54) is 16.9 Å². The van der Waals surface area contributed by atoms with Gasteiger partial charge in [0, 0.05) is 43.9 Å². The van der Waals surface area contributed by atoms with Gasteiger partial charge in [0.25, 0.3) is 0 Å². The lowest BCUT2D eigenvalue weighted by molar-refractivity contribution is 0.651. The molecule has 0 unspecified atom stereocenters. The number of piperazine rings is 1. The average molecular weight is 302 g/mol. The van der Waals surface area contributed by atoms with Crippen LogP contribution < -0.4 is 9.80 Å². The molecule has 1 aromatic carbocycles. The molecule has 0 radical (unpaired) electrons. The van der Waals surface area contributed by atoms with Crippen molar-refractivity contribution in [2.24, 2.45) is 0 Å². The molecule has 0 amide bonds. The zero-order chi connectivity index (χ0) is 14.7. The van der Waals surface area contributed by atoms with Gasteiger partial charge >= 0.3 is 0 Å². The van der Waals surface area contributed by atoms with E-state index in [1.54, 1.807) is 0 Å². The molecule has 4 heteroatoms. The Balaban J connectivity index is 1.70. The second-order valence-electron chi connectivity index (χ2n) is 5.45. The maximum absolute atomic E-state index is 6.03. The van der Waals surface area contributed by atoms with Gasteiger partial charge in [-0.15, -0.1) is 11.6 Å². The number of hydrogen-bond acceptors (Lipinski definition) is 3. The topological polar surface area (TPSA) is 19.4 Å². The number of anilines is 2. The molecular weight excluding hydrogens is 282 g/mol. The molecule has 2 heterocycles. The van der Waals surface area contributed by atoms with E-state index in [9.17, 15) is 0 Å². The molecular formula is C17H20ClN3. The van der Waals surface area contributed by atoms with Crippen LogP contribution in [0, 0.1) is 6.92 Å². The summed E-state index contributed by atoms with van der Waals surface area (Å²) in [7, 11) is 0. The van der Waals surface area contributed by atoms with Crippen LogP contribution in [0.2, 0.25) is 0 Å². The number of nitrogens with zero attached hydrogens (tertiary/aromatic N) is 3. The van der Waals surface area contributed by atoms with Crippen molar-refractivity contribution in [2.75, 3.05) is 36.0 Å². The fraction of sp³-hybridized carbons (Fsp3) is 0.353. The minimum absolute atomic E-state index is 0.538. The van der Waals surface area contributed by atoms with E-state index in [2.05, 4.69) is 46.0 Å². The molecule has 1 fully saturated rings. The summed E-state index contributed by atoms with van der Waals surface area (Å²) in [6, 6.07) is 10.7. The van der Waals surface area contributed by atoms with Crippen molar-refractivity contribution in [2.45, 2.75) is 12.8 Å². The Morgan fingerprint density at radius 3 is 2.57 bits per heavy atom. The van der Waals surface area contributed by atoms with Crippen molar-refractivity contribution in [3.63, 3.8) is 0 Å². The van der Waals surface area contributed by atoms with Crippen molar-refractivity contribution in [3.05, 3.63) is 53.9 Å². The molecule has 1 aliphatic rings. The highest BCUT2D eigenvalue weighted by Gasteiger charge is 2.19. The summed E-state index contributed by atoms with van der Waals surface area (Å²) in [4.78, 5) is 9.07. The summed E-state index contributed by atoms with van der Waals surface area (Å²) in [6.45, 7) is 6.20. The van der Waals surface area contributed by atoms with Crippen LogP contribution in [0.3, 0.4) is 0 Å². The molecule has 3 rings (SSSR count). The van der Waals surface area contributed by atoms with E-state index >= 15 is 0 Å². The third-order valence-electron chi connectivity index (χ3n) is 4.02. The first-order valence-corrected chi connectivity index (χ1v) is 7.87. The van der Waals surface area contributed by atoms with E-state index in [0.29, 0.717) is 5.88 Å². The number of halogens is 1. The number of hydrogen-bond donors (Lipinski definition) is 0. The van der Waals surface area contributed by atoms with Crippen molar-refractivity contribution in [1.29, 1.82) is 0 Å². The van der Waals surface area contributed by atoms with Gasteiger partial charge in [0.15, 0.2) is 0 Å². The van der Waals surface area contributed by atoms with Crippen molar-refractivity contribution in [3.8, 4) is 0 Å².